The van der Waals surface area contributed by atoms with Gasteiger partial charge in [-0.3, -0.25) is 4.79 Å². The summed E-state index contributed by atoms with van der Waals surface area (Å²) < 4.78 is 65.4. The minimum atomic E-state index is -3.94. The fourth-order valence-corrected chi connectivity index (χ4v) is 4.76. The Kier molecular flexibility index (Phi) is 8.03. The van der Waals surface area contributed by atoms with Crippen molar-refractivity contribution in [2.75, 3.05) is 19.7 Å². The highest BCUT2D eigenvalue weighted by Crippen LogP contribution is 2.25. The molecule has 0 bridgehead atoms. The van der Waals surface area contributed by atoms with E-state index < -0.39 is 22.6 Å². The van der Waals surface area contributed by atoms with Gasteiger partial charge in [0, 0.05) is 25.6 Å². The molecular formula is C21H24F2N2O7S. The average molecular weight is 486 g/mol. The fourth-order valence-electron chi connectivity index (χ4n) is 3.38. The number of ether oxygens (including phenoxy) is 2. The zero-order valence-corrected chi connectivity index (χ0v) is 18.6. The van der Waals surface area contributed by atoms with E-state index in [1.165, 1.54) is 28.6 Å². The lowest BCUT2D eigenvalue weighted by Gasteiger charge is -2.29. The first-order chi connectivity index (χ1) is 15.7. The number of hydrogen-bond donors (Lipinski definition) is 1. The van der Waals surface area contributed by atoms with Gasteiger partial charge in [0.2, 0.25) is 16.8 Å². The summed E-state index contributed by atoms with van der Waals surface area (Å²) in [5, 5.41) is 2.42. The number of amides is 1. The van der Waals surface area contributed by atoms with Gasteiger partial charge in [-0.15, -0.1) is 0 Å². The number of carbonyl (C=O) groups excluding carboxylic acids is 2. The maximum atomic E-state index is 12.8. The van der Waals surface area contributed by atoms with E-state index in [1.54, 1.807) is 19.1 Å². The predicted molar refractivity (Wildman–Crippen MR) is 111 cm³/mol. The van der Waals surface area contributed by atoms with Crippen molar-refractivity contribution >= 4 is 21.9 Å². The third kappa shape index (κ3) is 6.29. The topological polar surface area (TPSA) is 115 Å². The van der Waals surface area contributed by atoms with Gasteiger partial charge in [-0.1, -0.05) is 12.1 Å². The van der Waals surface area contributed by atoms with Crippen LogP contribution in [-0.2, 0) is 26.1 Å². The zero-order valence-electron chi connectivity index (χ0n) is 17.8. The largest absolute Gasteiger partial charge is 0.460 e. The number of benzene rings is 1. The summed E-state index contributed by atoms with van der Waals surface area (Å²) in [5.41, 5.74) is 0.709. The standard InChI is InChI=1S/C21H24F2N2O7S/c1-2-30-20(27)17-7-8-18(32-17)33(28,29)25-11-9-15(10-12-25)19(26)24-13-14-3-5-16(6-4-14)31-21(22)23/h3-8,15,21H,2,9-13H2,1H3,(H,24,26). The highest BCUT2D eigenvalue weighted by molar-refractivity contribution is 7.89. The van der Waals surface area contributed by atoms with E-state index in [9.17, 15) is 26.8 Å². The SMILES string of the molecule is CCOC(=O)c1ccc(S(=O)(=O)N2CCC(C(=O)NCc3ccc(OC(F)F)cc3)CC2)o1. The molecule has 1 aromatic heterocycles. The van der Waals surface area contributed by atoms with Crippen LogP contribution in [0.2, 0.25) is 0 Å². The maximum absolute atomic E-state index is 12.8. The van der Waals surface area contributed by atoms with Crippen molar-refractivity contribution < 1.29 is 40.7 Å². The lowest BCUT2D eigenvalue weighted by Crippen LogP contribution is -2.42. The number of esters is 1. The molecule has 0 unspecified atom stereocenters. The number of furan rings is 1. The molecule has 0 spiro atoms. The number of alkyl halides is 2. The highest BCUT2D eigenvalue weighted by Gasteiger charge is 2.34. The summed E-state index contributed by atoms with van der Waals surface area (Å²) in [6.45, 7) is -0.700. The molecule has 2 heterocycles. The average Bonchev–Trinajstić information content (AvgIpc) is 3.30. The Labute approximate surface area is 189 Å². The first kappa shape index (κ1) is 24.6. The molecule has 0 atom stereocenters. The van der Waals surface area contributed by atoms with E-state index in [1.807, 2.05) is 0 Å². The maximum Gasteiger partial charge on any atom is 0.387 e. The van der Waals surface area contributed by atoms with E-state index in [0.29, 0.717) is 18.4 Å². The molecule has 3 rings (SSSR count). The summed E-state index contributed by atoms with van der Waals surface area (Å²) in [4.78, 5) is 24.2. The molecule has 0 aliphatic carbocycles. The van der Waals surface area contributed by atoms with Crippen LogP contribution in [0.5, 0.6) is 5.75 Å². The Morgan fingerprint density at radius 2 is 1.82 bits per heavy atom. The van der Waals surface area contributed by atoms with E-state index >= 15 is 0 Å². The molecule has 1 fully saturated rings. The van der Waals surface area contributed by atoms with Crippen LogP contribution in [0.1, 0.15) is 35.9 Å². The Morgan fingerprint density at radius 3 is 2.42 bits per heavy atom. The molecule has 1 saturated heterocycles. The third-order valence-corrected chi connectivity index (χ3v) is 6.86. The molecule has 2 aromatic rings. The number of rotatable bonds is 9. The number of nitrogens with zero attached hydrogens (tertiary/aromatic N) is 1. The molecule has 33 heavy (non-hydrogen) atoms. The van der Waals surface area contributed by atoms with E-state index in [4.69, 9.17) is 9.15 Å². The molecule has 12 heteroatoms. The lowest BCUT2D eigenvalue weighted by atomic mass is 9.97. The number of hydrogen-bond acceptors (Lipinski definition) is 7. The van der Waals surface area contributed by atoms with Gasteiger partial charge in [-0.2, -0.15) is 13.1 Å². The van der Waals surface area contributed by atoms with Crippen LogP contribution in [0.15, 0.2) is 45.9 Å². The number of nitrogens with one attached hydrogen (secondary N) is 1. The number of carbonyl (C=O) groups is 2. The second-order valence-electron chi connectivity index (χ2n) is 7.26. The van der Waals surface area contributed by atoms with Crippen LogP contribution >= 0.6 is 0 Å². The summed E-state index contributed by atoms with van der Waals surface area (Å²) in [6.07, 6.45) is 0.634. The Morgan fingerprint density at radius 1 is 1.15 bits per heavy atom. The number of halogens is 2. The minimum Gasteiger partial charge on any atom is -0.460 e. The van der Waals surface area contributed by atoms with Crippen LogP contribution < -0.4 is 10.1 Å². The Bertz CT molecular complexity index is 1060. The quantitative estimate of drug-likeness (QED) is 0.542. The minimum absolute atomic E-state index is 0.0274. The molecular weight excluding hydrogens is 462 g/mol. The Hall–Kier alpha value is -2.99. The summed E-state index contributed by atoms with van der Waals surface area (Å²) in [6, 6.07) is 8.37. The number of piperidine rings is 1. The van der Waals surface area contributed by atoms with Crippen LogP contribution in [0.4, 0.5) is 8.78 Å². The van der Waals surface area contributed by atoms with E-state index in [-0.39, 0.29) is 54.7 Å². The summed E-state index contributed by atoms with van der Waals surface area (Å²) in [5.74, 6) is -1.50. The first-order valence-electron chi connectivity index (χ1n) is 10.3. The van der Waals surface area contributed by atoms with Crippen molar-refractivity contribution in [1.82, 2.24) is 9.62 Å². The third-order valence-electron chi connectivity index (χ3n) is 5.09. The van der Waals surface area contributed by atoms with Gasteiger partial charge in [-0.25, -0.2) is 13.2 Å². The lowest BCUT2D eigenvalue weighted by molar-refractivity contribution is -0.126. The molecule has 9 nitrogen and oxygen atoms in total. The van der Waals surface area contributed by atoms with Crippen molar-refractivity contribution in [2.45, 2.75) is 38.0 Å². The van der Waals surface area contributed by atoms with Crippen LogP contribution in [0.25, 0.3) is 0 Å². The van der Waals surface area contributed by atoms with E-state index in [0.717, 1.165) is 0 Å². The predicted octanol–water partition coefficient (Wildman–Crippen LogP) is 2.77. The van der Waals surface area contributed by atoms with Crippen LogP contribution in [0, 0.1) is 5.92 Å². The summed E-state index contributed by atoms with van der Waals surface area (Å²) >= 11 is 0. The van der Waals surface area contributed by atoms with Gasteiger partial charge in [0.15, 0.2) is 0 Å². The molecule has 1 aliphatic rings. The van der Waals surface area contributed by atoms with Gasteiger partial charge in [0.05, 0.1) is 6.61 Å². The van der Waals surface area contributed by atoms with Crippen LogP contribution in [0.3, 0.4) is 0 Å². The fraction of sp³-hybridized carbons (Fsp3) is 0.429. The molecule has 1 aromatic carbocycles. The van der Waals surface area contributed by atoms with Crippen LogP contribution in [-0.4, -0.2) is 50.9 Å². The van der Waals surface area contributed by atoms with Crippen molar-refractivity contribution in [2.24, 2.45) is 5.92 Å². The molecule has 1 aliphatic heterocycles. The summed E-state index contributed by atoms with van der Waals surface area (Å²) in [7, 11) is -3.94. The second kappa shape index (κ2) is 10.8. The molecule has 0 radical (unpaired) electrons. The van der Waals surface area contributed by atoms with Crippen molar-refractivity contribution in [3.63, 3.8) is 0 Å². The van der Waals surface area contributed by atoms with Crippen molar-refractivity contribution in [1.29, 1.82) is 0 Å². The normalized spacial score (nSPS) is 15.4. The van der Waals surface area contributed by atoms with Crippen molar-refractivity contribution in [3.8, 4) is 5.75 Å². The monoisotopic (exact) mass is 486 g/mol. The van der Waals surface area contributed by atoms with Gasteiger partial charge in [0.1, 0.15) is 5.75 Å². The van der Waals surface area contributed by atoms with Gasteiger partial charge in [0.25, 0.3) is 10.0 Å². The molecule has 180 valence electrons. The van der Waals surface area contributed by atoms with E-state index in [2.05, 4.69) is 10.1 Å². The smallest absolute Gasteiger partial charge is 0.387 e. The molecule has 1 amide bonds. The second-order valence-corrected chi connectivity index (χ2v) is 9.13. The van der Waals surface area contributed by atoms with Gasteiger partial charge >= 0.3 is 12.6 Å². The Balaban J connectivity index is 1.50. The zero-order chi connectivity index (χ0) is 24.0. The molecule has 1 N–H and O–H groups in total. The van der Waals surface area contributed by atoms with Gasteiger partial charge in [-0.05, 0) is 49.6 Å². The van der Waals surface area contributed by atoms with Crippen molar-refractivity contribution in [3.05, 3.63) is 47.7 Å². The number of sulfonamides is 1. The first-order valence-corrected chi connectivity index (χ1v) is 11.7. The molecule has 0 saturated carbocycles. The highest BCUT2D eigenvalue weighted by atomic mass is 32.2. The van der Waals surface area contributed by atoms with Gasteiger partial charge < -0.3 is 19.2 Å².